The van der Waals surface area contributed by atoms with Crippen molar-refractivity contribution in [3.63, 3.8) is 0 Å². The van der Waals surface area contributed by atoms with Gasteiger partial charge < -0.3 is 10.2 Å². The van der Waals surface area contributed by atoms with Crippen LogP contribution in [0.5, 0.6) is 11.5 Å². The predicted octanol–water partition coefficient (Wildman–Crippen LogP) is 6.67. The molecule has 2 nitrogen and oxygen atoms in total. The van der Waals surface area contributed by atoms with Crippen molar-refractivity contribution in [3.05, 3.63) is 45.4 Å². The van der Waals surface area contributed by atoms with Gasteiger partial charge in [0.25, 0.3) is 0 Å². The molecule has 0 saturated carbocycles. The molecule has 2 aromatic carbocycles. The summed E-state index contributed by atoms with van der Waals surface area (Å²) in [7, 11) is 0. The highest BCUT2D eigenvalue weighted by Gasteiger charge is 2.24. The molecule has 0 atom stereocenters. The number of phenolic OH excluding ortho intramolecular Hbond substituents is 2. The molecule has 2 rings (SSSR count). The van der Waals surface area contributed by atoms with Crippen LogP contribution in [-0.4, -0.2) is 10.2 Å². The van der Waals surface area contributed by atoms with Crippen molar-refractivity contribution in [2.45, 2.75) is 52.4 Å². The second-order valence-corrected chi connectivity index (χ2v) is 9.02. The monoisotopic (exact) mass is 366 g/mol. The van der Waals surface area contributed by atoms with Gasteiger partial charge in [-0.2, -0.15) is 0 Å². The first-order valence-electron chi connectivity index (χ1n) is 7.88. The average molecular weight is 367 g/mol. The first kappa shape index (κ1) is 19.0. The van der Waals surface area contributed by atoms with Gasteiger partial charge in [0.2, 0.25) is 0 Å². The third kappa shape index (κ3) is 3.65. The van der Waals surface area contributed by atoms with Crippen molar-refractivity contribution in [2.75, 3.05) is 0 Å². The lowest BCUT2D eigenvalue weighted by Gasteiger charge is -2.24. The van der Waals surface area contributed by atoms with Gasteiger partial charge in [-0.05, 0) is 46.2 Å². The molecule has 0 fully saturated rings. The minimum atomic E-state index is -0.253. The summed E-state index contributed by atoms with van der Waals surface area (Å²) < 4.78 is 0. The smallest absolute Gasteiger partial charge is 0.137 e. The van der Waals surface area contributed by atoms with Crippen molar-refractivity contribution < 1.29 is 10.2 Å². The molecular weight excluding hydrogens is 343 g/mol. The van der Waals surface area contributed by atoms with Crippen molar-refractivity contribution in [1.29, 1.82) is 0 Å². The van der Waals surface area contributed by atoms with E-state index < -0.39 is 0 Å². The summed E-state index contributed by atoms with van der Waals surface area (Å²) >= 11 is 12.5. The van der Waals surface area contributed by atoms with Crippen molar-refractivity contribution in [2.24, 2.45) is 0 Å². The highest BCUT2D eigenvalue weighted by molar-refractivity contribution is 6.33. The second kappa shape index (κ2) is 6.16. The molecule has 0 unspecified atom stereocenters. The molecule has 130 valence electrons. The molecule has 0 bridgehead atoms. The Hall–Kier alpha value is -1.38. The summed E-state index contributed by atoms with van der Waals surface area (Å²) in [4.78, 5) is 0. The SMILES string of the molecule is CC(C)(C)c1cc(-c2cc(Cl)c(O)c(C(C)(C)C)c2)cc(Cl)c1O. The molecule has 0 saturated heterocycles. The molecule has 0 aliphatic rings. The predicted molar refractivity (Wildman–Crippen MR) is 103 cm³/mol. The first-order chi connectivity index (χ1) is 10.8. The first-order valence-corrected chi connectivity index (χ1v) is 8.64. The van der Waals surface area contributed by atoms with E-state index in [9.17, 15) is 10.2 Å². The standard InChI is InChI=1S/C20H24Cl2O2/c1-19(2,3)13-7-11(9-15(21)17(13)23)12-8-14(20(4,5)6)18(24)16(22)10-12/h7-10,23-24H,1-6H3. The largest absolute Gasteiger partial charge is 0.506 e. The molecule has 24 heavy (non-hydrogen) atoms. The van der Waals surface area contributed by atoms with Gasteiger partial charge in [0, 0.05) is 11.1 Å². The fraction of sp³-hybridized carbons (Fsp3) is 0.400. The zero-order valence-corrected chi connectivity index (χ0v) is 16.5. The Labute approximate surface area is 154 Å². The Kier molecular flexibility index (Phi) is 4.87. The van der Waals surface area contributed by atoms with Crippen molar-refractivity contribution >= 4 is 23.2 Å². The van der Waals surface area contributed by atoms with Crippen LogP contribution in [0.15, 0.2) is 24.3 Å². The lowest BCUT2D eigenvalue weighted by molar-refractivity contribution is 0.446. The molecule has 0 aliphatic carbocycles. The van der Waals surface area contributed by atoms with E-state index in [4.69, 9.17) is 23.2 Å². The summed E-state index contributed by atoms with van der Waals surface area (Å²) in [6.45, 7) is 12.1. The molecule has 2 N–H and O–H groups in total. The minimum absolute atomic E-state index is 0.105. The van der Waals surface area contributed by atoms with E-state index in [0.717, 1.165) is 22.3 Å². The maximum Gasteiger partial charge on any atom is 0.137 e. The molecule has 0 radical (unpaired) electrons. The summed E-state index contributed by atoms with van der Waals surface area (Å²) in [5, 5.41) is 21.2. The fourth-order valence-corrected chi connectivity index (χ4v) is 3.11. The summed E-state index contributed by atoms with van der Waals surface area (Å²) in [5.74, 6) is 0.211. The molecule has 0 heterocycles. The molecule has 2 aromatic rings. The van der Waals surface area contributed by atoms with Crippen LogP contribution in [0.1, 0.15) is 52.7 Å². The Morgan fingerprint density at radius 1 is 0.625 bits per heavy atom. The van der Waals surface area contributed by atoms with E-state index in [1.165, 1.54) is 0 Å². The quantitative estimate of drug-likeness (QED) is 0.591. The number of aromatic hydroxyl groups is 2. The molecule has 0 aromatic heterocycles. The Morgan fingerprint density at radius 3 is 1.17 bits per heavy atom. The maximum atomic E-state index is 10.3. The number of benzene rings is 2. The van der Waals surface area contributed by atoms with E-state index in [2.05, 4.69) is 0 Å². The van der Waals surface area contributed by atoms with Gasteiger partial charge in [-0.15, -0.1) is 0 Å². The minimum Gasteiger partial charge on any atom is -0.506 e. The number of halogens is 2. The van der Waals surface area contributed by atoms with Gasteiger partial charge in [-0.25, -0.2) is 0 Å². The highest BCUT2D eigenvalue weighted by Crippen LogP contribution is 2.43. The topological polar surface area (TPSA) is 40.5 Å². The number of phenols is 2. The van der Waals surface area contributed by atoms with Gasteiger partial charge in [-0.3, -0.25) is 0 Å². The Morgan fingerprint density at radius 2 is 0.917 bits per heavy atom. The molecule has 4 heteroatoms. The third-order valence-corrected chi connectivity index (χ3v) is 4.65. The lowest BCUT2D eigenvalue weighted by atomic mass is 9.82. The average Bonchev–Trinajstić information content (AvgIpc) is 2.41. The zero-order valence-electron chi connectivity index (χ0n) is 15.0. The van der Waals surface area contributed by atoms with Crippen LogP contribution < -0.4 is 0 Å². The molecular formula is C20H24Cl2O2. The number of hydrogen-bond donors (Lipinski definition) is 2. The maximum absolute atomic E-state index is 10.3. The highest BCUT2D eigenvalue weighted by atomic mass is 35.5. The normalized spacial score (nSPS) is 12.5. The fourth-order valence-electron chi connectivity index (χ4n) is 2.67. The number of rotatable bonds is 1. The Balaban J connectivity index is 2.74. The van der Waals surface area contributed by atoms with Gasteiger partial charge >= 0.3 is 0 Å². The summed E-state index contributed by atoms with van der Waals surface area (Å²) in [6.07, 6.45) is 0. The molecule has 0 amide bonds. The molecule has 0 aliphatic heterocycles. The van der Waals surface area contributed by atoms with Crippen molar-refractivity contribution in [3.8, 4) is 22.6 Å². The third-order valence-electron chi connectivity index (χ3n) is 4.08. The van der Waals surface area contributed by atoms with Gasteiger partial charge in [0.1, 0.15) is 11.5 Å². The van der Waals surface area contributed by atoms with Gasteiger partial charge in [0.15, 0.2) is 0 Å². The van der Waals surface area contributed by atoms with E-state index in [0.29, 0.717) is 10.0 Å². The van der Waals surface area contributed by atoms with Gasteiger partial charge in [-0.1, -0.05) is 64.7 Å². The summed E-state index contributed by atoms with van der Waals surface area (Å²) in [6, 6.07) is 7.30. The molecule has 0 spiro atoms. The van der Waals surface area contributed by atoms with Crippen LogP contribution in [0.2, 0.25) is 10.0 Å². The van der Waals surface area contributed by atoms with E-state index in [-0.39, 0.29) is 22.3 Å². The Bertz CT molecular complexity index is 714. The lowest BCUT2D eigenvalue weighted by Crippen LogP contribution is -2.12. The number of hydrogen-bond acceptors (Lipinski definition) is 2. The van der Waals surface area contributed by atoms with Crippen LogP contribution in [0.3, 0.4) is 0 Å². The zero-order chi connectivity index (χ0) is 18.4. The van der Waals surface area contributed by atoms with E-state index >= 15 is 0 Å². The van der Waals surface area contributed by atoms with Gasteiger partial charge in [0.05, 0.1) is 10.0 Å². The van der Waals surface area contributed by atoms with Crippen LogP contribution in [-0.2, 0) is 10.8 Å². The van der Waals surface area contributed by atoms with Crippen LogP contribution in [0, 0.1) is 0 Å². The van der Waals surface area contributed by atoms with E-state index in [1.54, 1.807) is 12.1 Å². The van der Waals surface area contributed by atoms with Crippen LogP contribution >= 0.6 is 23.2 Å². The van der Waals surface area contributed by atoms with E-state index in [1.807, 2.05) is 53.7 Å². The second-order valence-electron chi connectivity index (χ2n) is 8.21. The van der Waals surface area contributed by atoms with Crippen LogP contribution in [0.25, 0.3) is 11.1 Å². The summed E-state index contributed by atoms with van der Waals surface area (Å²) in [5.41, 5.74) is 2.75. The van der Waals surface area contributed by atoms with Crippen LogP contribution in [0.4, 0.5) is 0 Å². The van der Waals surface area contributed by atoms with Crippen molar-refractivity contribution in [1.82, 2.24) is 0 Å².